The van der Waals surface area contributed by atoms with Crippen molar-refractivity contribution in [3.8, 4) is 0 Å². The Balaban J connectivity index is 0. The summed E-state index contributed by atoms with van der Waals surface area (Å²) in [7, 11) is 0. The van der Waals surface area contributed by atoms with E-state index in [1.54, 1.807) is 0 Å². The number of aliphatic carboxylic acids is 1. The van der Waals surface area contributed by atoms with Crippen LogP contribution in [-0.4, -0.2) is 52.6 Å². The van der Waals surface area contributed by atoms with Crippen LogP contribution in [0.3, 0.4) is 0 Å². The molecule has 0 aliphatic heterocycles. The van der Waals surface area contributed by atoms with Gasteiger partial charge in [0.15, 0.2) is 0 Å². The van der Waals surface area contributed by atoms with E-state index >= 15 is 0 Å². The predicted octanol–water partition coefficient (Wildman–Crippen LogP) is 3.87. The molecule has 4 nitrogen and oxygen atoms in total. The second kappa shape index (κ2) is 16.8. The van der Waals surface area contributed by atoms with E-state index in [2.05, 4.69) is 12.2 Å². The van der Waals surface area contributed by atoms with E-state index in [1.165, 1.54) is 44.9 Å². The van der Waals surface area contributed by atoms with Crippen molar-refractivity contribution in [3.63, 3.8) is 0 Å². The number of unbranched alkanes of at least 4 members (excludes halogenated alkanes) is 8. The molecule has 1 amide bonds. The van der Waals surface area contributed by atoms with Crippen LogP contribution in [0.4, 0.5) is 0 Å². The van der Waals surface area contributed by atoms with Gasteiger partial charge >= 0.3 is 35.5 Å². The average Bonchev–Trinajstić information content (AvgIpc) is 2.50. The van der Waals surface area contributed by atoms with Gasteiger partial charge in [0, 0.05) is 6.42 Å². The zero-order chi connectivity index (χ0) is 16.8. The number of hydrogen-bond donors (Lipinski definition) is 2. The van der Waals surface area contributed by atoms with Crippen molar-refractivity contribution in [1.29, 1.82) is 0 Å². The van der Waals surface area contributed by atoms with Gasteiger partial charge in [-0.15, -0.1) is 0 Å². The SMILES string of the molecule is CCCCCCCCCCCC(=O)NC(C(=O)O)C(C)CC.[NaH]. The average molecular weight is 337 g/mol. The second-order valence-corrected chi connectivity index (χ2v) is 6.35. The summed E-state index contributed by atoms with van der Waals surface area (Å²) in [5.41, 5.74) is 0. The predicted molar refractivity (Wildman–Crippen MR) is 98.0 cm³/mol. The van der Waals surface area contributed by atoms with Gasteiger partial charge < -0.3 is 10.4 Å². The van der Waals surface area contributed by atoms with Gasteiger partial charge in [-0.2, -0.15) is 0 Å². The van der Waals surface area contributed by atoms with Crippen LogP contribution >= 0.6 is 0 Å². The first kappa shape index (κ1) is 25.2. The van der Waals surface area contributed by atoms with Crippen molar-refractivity contribution < 1.29 is 14.7 Å². The molecule has 0 radical (unpaired) electrons. The molecule has 0 aliphatic rings. The second-order valence-electron chi connectivity index (χ2n) is 6.35. The van der Waals surface area contributed by atoms with Crippen LogP contribution in [0, 0.1) is 5.92 Å². The van der Waals surface area contributed by atoms with Crippen LogP contribution in [0.5, 0.6) is 0 Å². The van der Waals surface area contributed by atoms with Gasteiger partial charge in [0.25, 0.3) is 0 Å². The van der Waals surface area contributed by atoms with Crippen molar-refractivity contribution in [2.45, 2.75) is 97.4 Å². The molecule has 0 aromatic heterocycles. The molecular formula is C18H36NNaO3. The molecule has 2 unspecified atom stereocenters. The fourth-order valence-electron chi connectivity index (χ4n) is 2.52. The zero-order valence-corrected chi connectivity index (χ0v) is 14.7. The molecular weight excluding hydrogens is 301 g/mol. The molecule has 2 atom stereocenters. The molecule has 2 N–H and O–H groups in total. The Kier molecular flexibility index (Phi) is 18.4. The van der Waals surface area contributed by atoms with Crippen LogP contribution in [0.15, 0.2) is 0 Å². The summed E-state index contributed by atoms with van der Waals surface area (Å²) < 4.78 is 0. The fourth-order valence-corrected chi connectivity index (χ4v) is 2.52. The van der Waals surface area contributed by atoms with E-state index in [1.807, 2.05) is 13.8 Å². The normalized spacial score (nSPS) is 13.0. The maximum atomic E-state index is 11.8. The topological polar surface area (TPSA) is 66.4 Å². The van der Waals surface area contributed by atoms with Crippen LogP contribution in [0.1, 0.15) is 91.4 Å². The van der Waals surface area contributed by atoms with Crippen LogP contribution in [0.2, 0.25) is 0 Å². The van der Waals surface area contributed by atoms with Gasteiger partial charge in [0.05, 0.1) is 0 Å². The van der Waals surface area contributed by atoms with Gasteiger partial charge in [-0.3, -0.25) is 4.79 Å². The number of carbonyl (C=O) groups excluding carboxylic acids is 1. The summed E-state index contributed by atoms with van der Waals surface area (Å²) in [5, 5.41) is 11.8. The van der Waals surface area contributed by atoms with E-state index in [0.29, 0.717) is 6.42 Å². The number of carboxylic acid groups (broad SMARTS) is 1. The number of rotatable bonds is 14. The molecule has 0 saturated carbocycles. The van der Waals surface area contributed by atoms with E-state index in [9.17, 15) is 9.59 Å². The standard InChI is InChI=1S/C18H35NO3.Na.H/c1-4-6-7-8-9-10-11-12-13-14-16(20)19-17(18(21)22)15(3)5-2;;/h15,17H,4-14H2,1-3H3,(H,19,20)(H,21,22);;. The maximum absolute atomic E-state index is 11.8. The molecule has 0 aliphatic carbocycles. The summed E-state index contributed by atoms with van der Waals surface area (Å²) in [4.78, 5) is 23.0. The molecule has 0 aromatic rings. The van der Waals surface area contributed by atoms with Gasteiger partial charge in [-0.25, -0.2) is 4.79 Å². The van der Waals surface area contributed by atoms with Gasteiger partial charge in [0.1, 0.15) is 6.04 Å². The number of hydrogen-bond acceptors (Lipinski definition) is 2. The van der Waals surface area contributed by atoms with Crippen molar-refractivity contribution >= 4 is 41.4 Å². The summed E-state index contributed by atoms with van der Waals surface area (Å²) in [6, 6.07) is -0.754. The first-order valence-corrected chi connectivity index (χ1v) is 9.05. The Morgan fingerprint density at radius 2 is 1.39 bits per heavy atom. The summed E-state index contributed by atoms with van der Waals surface area (Å²) in [5.74, 6) is -1.10. The van der Waals surface area contributed by atoms with E-state index in [0.717, 1.165) is 19.3 Å². The monoisotopic (exact) mass is 337 g/mol. The Hall–Kier alpha value is -0.0600. The molecule has 0 fully saturated rings. The number of carboxylic acids is 1. The fraction of sp³-hybridized carbons (Fsp3) is 0.889. The zero-order valence-electron chi connectivity index (χ0n) is 14.7. The van der Waals surface area contributed by atoms with Crippen molar-refractivity contribution in [2.75, 3.05) is 0 Å². The van der Waals surface area contributed by atoms with Crippen molar-refractivity contribution in [3.05, 3.63) is 0 Å². The Labute approximate surface area is 164 Å². The Bertz CT molecular complexity index is 311. The third kappa shape index (κ3) is 14.0. The molecule has 0 aromatic carbocycles. The molecule has 0 saturated heterocycles. The number of nitrogens with one attached hydrogen (secondary N) is 1. The quantitative estimate of drug-likeness (QED) is 0.373. The first-order chi connectivity index (χ1) is 10.5. The van der Waals surface area contributed by atoms with E-state index in [4.69, 9.17) is 5.11 Å². The third-order valence-corrected chi connectivity index (χ3v) is 4.30. The first-order valence-electron chi connectivity index (χ1n) is 9.05. The summed E-state index contributed by atoms with van der Waals surface area (Å²) in [6.45, 7) is 6.02. The Morgan fingerprint density at radius 1 is 0.913 bits per heavy atom. The Morgan fingerprint density at radius 3 is 1.83 bits per heavy atom. The van der Waals surface area contributed by atoms with Crippen LogP contribution in [0.25, 0.3) is 0 Å². The molecule has 23 heavy (non-hydrogen) atoms. The van der Waals surface area contributed by atoms with Crippen LogP contribution < -0.4 is 5.32 Å². The minimum atomic E-state index is -0.935. The van der Waals surface area contributed by atoms with E-state index in [-0.39, 0.29) is 41.4 Å². The molecule has 0 spiro atoms. The molecule has 0 bridgehead atoms. The number of carbonyl (C=O) groups is 2. The van der Waals surface area contributed by atoms with Crippen molar-refractivity contribution in [1.82, 2.24) is 5.32 Å². The molecule has 132 valence electrons. The van der Waals surface area contributed by atoms with Gasteiger partial charge in [0.2, 0.25) is 5.91 Å². The van der Waals surface area contributed by atoms with Gasteiger partial charge in [-0.05, 0) is 12.3 Å². The molecule has 5 heteroatoms. The summed E-state index contributed by atoms with van der Waals surface area (Å²) in [6.07, 6.45) is 12.1. The minimum absolute atomic E-state index is 0. The molecule has 0 heterocycles. The third-order valence-electron chi connectivity index (χ3n) is 4.30. The number of amides is 1. The van der Waals surface area contributed by atoms with Gasteiger partial charge in [-0.1, -0.05) is 78.6 Å². The van der Waals surface area contributed by atoms with Crippen LogP contribution in [-0.2, 0) is 9.59 Å². The molecule has 0 rings (SSSR count). The summed E-state index contributed by atoms with van der Waals surface area (Å²) >= 11 is 0. The van der Waals surface area contributed by atoms with Crippen molar-refractivity contribution in [2.24, 2.45) is 5.92 Å². The van der Waals surface area contributed by atoms with E-state index < -0.39 is 12.0 Å².